The van der Waals surface area contributed by atoms with Crippen molar-refractivity contribution in [1.29, 1.82) is 0 Å². The number of aliphatic carboxylic acids is 2. The van der Waals surface area contributed by atoms with E-state index in [1.807, 2.05) is 6.92 Å². The molecule has 0 aliphatic heterocycles. The van der Waals surface area contributed by atoms with Gasteiger partial charge in [0.1, 0.15) is 0 Å². The van der Waals surface area contributed by atoms with Gasteiger partial charge in [-0.2, -0.15) is 26.3 Å². The van der Waals surface area contributed by atoms with Crippen molar-refractivity contribution in [2.24, 2.45) is 94.2 Å². The Kier molecular flexibility index (Phi) is 17.2. The second-order valence-corrected chi connectivity index (χ2v) is 23.4. The molecule has 16 unspecified atom stereocenters. The van der Waals surface area contributed by atoms with Crippen molar-refractivity contribution in [3.8, 4) is 0 Å². The molecule has 0 aromatic heterocycles. The maximum absolute atomic E-state index is 15.0. The number of ether oxygens (including phenoxy) is 2. The van der Waals surface area contributed by atoms with Crippen LogP contribution in [-0.4, -0.2) is 83.8 Å². The van der Waals surface area contributed by atoms with Crippen molar-refractivity contribution in [2.45, 2.75) is 194 Å². The summed E-state index contributed by atoms with van der Waals surface area (Å²) in [5.74, 6) is -9.53. The average molecular weight is 963 g/mol. The fourth-order valence-corrected chi connectivity index (χ4v) is 14.7. The van der Waals surface area contributed by atoms with Gasteiger partial charge in [0.2, 0.25) is 11.8 Å². The molecule has 10 nitrogen and oxygen atoms in total. The Hall–Kier alpha value is -2.62. The van der Waals surface area contributed by atoms with Crippen LogP contribution in [0.25, 0.3) is 0 Å². The summed E-state index contributed by atoms with van der Waals surface area (Å²) < 4.78 is 100. The van der Waals surface area contributed by atoms with Gasteiger partial charge in [-0.3, -0.25) is 19.2 Å². The van der Waals surface area contributed by atoms with Crippen molar-refractivity contribution in [3.05, 3.63) is 0 Å². The summed E-state index contributed by atoms with van der Waals surface area (Å²) >= 11 is 0. The van der Waals surface area contributed by atoms with Crippen LogP contribution in [0.4, 0.5) is 26.3 Å². The molecule has 0 heterocycles. The van der Waals surface area contributed by atoms with Crippen LogP contribution in [0.2, 0.25) is 0 Å². The first-order valence-electron chi connectivity index (χ1n) is 25.6. The molecule has 6 aliphatic rings. The smallest absolute Gasteiger partial charge is 0.394 e. The van der Waals surface area contributed by atoms with Gasteiger partial charge in [0, 0.05) is 13.1 Å². The number of alkyl halides is 6. The minimum absolute atomic E-state index is 0.0164. The molecule has 16 atom stereocenters. The van der Waals surface area contributed by atoms with Gasteiger partial charge in [-0.25, -0.2) is 0 Å². The third-order valence-electron chi connectivity index (χ3n) is 18.7. The molecule has 6 fully saturated rings. The first-order valence-corrected chi connectivity index (χ1v) is 25.6. The molecule has 4 N–H and O–H groups in total. The first kappa shape index (κ1) is 53.7. The van der Waals surface area contributed by atoms with Crippen LogP contribution < -0.4 is 10.6 Å². The quantitative estimate of drug-likeness (QED) is 0.141. The highest BCUT2D eigenvalue weighted by Gasteiger charge is 2.54. The lowest BCUT2D eigenvalue weighted by atomic mass is 9.55. The topological polar surface area (TPSA) is 151 Å². The molecule has 0 spiro atoms. The number of hydrogen-bond acceptors (Lipinski definition) is 6. The molecule has 0 saturated heterocycles. The SMILES string of the molecule is CNC(=O)C1CC(C2CCC(C(=O)O)C(C(=O)NC3CCC(OC4C(C)CC(C(C)(C)C5CC(C)C(OC6CCC(C)CC6C(F)(F)F)C(C)C5)CC4C)C(C(F)(F)F)C3)C2)CCC1C(=O)O. The van der Waals surface area contributed by atoms with Crippen LogP contribution in [-0.2, 0) is 28.7 Å². The van der Waals surface area contributed by atoms with E-state index in [-0.39, 0.29) is 110 Å². The summed E-state index contributed by atoms with van der Waals surface area (Å²) in [7, 11) is 1.45. The van der Waals surface area contributed by atoms with Gasteiger partial charge in [-0.05, 0) is 161 Å². The van der Waals surface area contributed by atoms with Crippen molar-refractivity contribution in [3.63, 3.8) is 0 Å². The molecule has 0 radical (unpaired) electrons. The second-order valence-electron chi connectivity index (χ2n) is 23.4. The highest BCUT2D eigenvalue weighted by Crippen LogP contribution is 2.55. The Morgan fingerprint density at radius 2 is 0.910 bits per heavy atom. The number of carboxylic acids is 2. The molecule has 6 saturated carbocycles. The van der Waals surface area contributed by atoms with E-state index < -0.39 is 90.1 Å². The Balaban J connectivity index is 1.05. The number of halogens is 6. The van der Waals surface area contributed by atoms with Gasteiger partial charge in [-0.1, -0.05) is 48.5 Å². The number of hydrogen-bond donors (Lipinski definition) is 4. The molecule has 16 heteroatoms. The third-order valence-corrected chi connectivity index (χ3v) is 18.7. The fourth-order valence-electron chi connectivity index (χ4n) is 14.7. The summed E-state index contributed by atoms with van der Waals surface area (Å²) in [6.07, 6.45) is -5.08. The minimum atomic E-state index is -4.60. The van der Waals surface area contributed by atoms with Crippen LogP contribution >= 0.6 is 0 Å². The lowest BCUT2D eigenvalue weighted by Gasteiger charge is -2.53. The van der Waals surface area contributed by atoms with Gasteiger partial charge >= 0.3 is 24.3 Å². The Labute approximate surface area is 394 Å². The molecule has 6 aliphatic carbocycles. The summed E-state index contributed by atoms with van der Waals surface area (Å²) in [6.45, 7) is 14.8. The van der Waals surface area contributed by atoms with Gasteiger partial charge in [0.05, 0.1) is 59.9 Å². The lowest BCUT2D eigenvalue weighted by molar-refractivity contribution is -0.238. The zero-order valence-corrected chi connectivity index (χ0v) is 41.0. The van der Waals surface area contributed by atoms with E-state index in [1.165, 1.54) is 7.05 Å². The minimum Gasteiger partial charge on any atom is -0.481 e. The van der Waals surface area contributed by atoms with E-state index in [1.54, 1.807) is 0 Å². The summed E-state index contributed by atoms with van der Waals surface area (Å²) in [5.41, 5.74) is -0.133. The molecule has 0 aromatic carbocycles. The van der Waals surface area contributed by atoms with Crippen molar-refractivity contribution in [1.82, 2.24) is 10.6 Å². The number of amides is 2. The van der Waals surface area contributed by atoms with E-state index >= 15 is 0 Å². The summed E-state index contributed by atoms with van der Waals surface area (Å²) in [6, 6.07) is -0.827. The zero-order valence-electron chi connectivity index (χ0n) is 41.0. The van der Waals surface area contributed by atoms with Crippen LogP contribution in [0.5, 0.6) is 0 Å². The largest absolute Gasteiger partial charge is 0.481 e. The molecular weight excluding hydrogens is 883 g/mol. The molecule has 6 rings (SSSR count). The maximum atomic E-state index is 15.0. The van der Waals surface area contributed by atoms with Crippen molar-refractivity contribution >= 4 is 23.8 Å². The van der Waals surface area contributed by atoms with Crippen LogP contribution in [0.15, 0.2) is 0 Å². The first-order chi connectivity index (χ1) is 31.2. The highest BCUT2D eigenvalue weighted by molar-refractivity contribution is 5.85. The summed E-state index contributed by atoms with van der Waals surface area (Å²) in [5, 5.41) is 25.3. The predicted molar refractivity (Wildman–Crippen MR) is 239 cm³/mol. The average Bonchev–Trinajstić information content (AvgIpc) is 3.25. The highest BCUT2D eigenvalue weighted by atomic mass is 19.4. The van der Waals surface area contributed by atoms with E-state index in [0.717, 1.165) is 32.1 Å². The van der Waals surface area contributed by atoms with E-state index in [4.69, 9.17) is 9.47 Å². The zero-order chi connectivity index (χ0) is 49.5. The van der Waals surface area contributed by atoms with E-state index in [0.29, 0.717) is 31.6 Å². The number of rotatable bonds is 12. The van der Waals surface area contributed by atoms with Crippen molar-refractivity contribution in [2.75, 3.05) is 7.05 Å². The predicted octanol–water partition coefficient (Wildman–Crippen LogP) is 10.7. The number of carbonyl (C=O) groups excluding carboxylic acids is 2. The van der Waals surface area contributed by atoms with Gasteiger partial charge in [0.15, 0.2) is 0 Å². The van der Waals surface area contributed by atoms with Crippen LogP contribution in [0, 0.1) is 94.2 Å². The number of carboxylic acid groups (broad SMARTS) is 2. The Morgan fingerprint density at radius 3 is 1.31 bits per heavy atom. The molecule has 0 bridgehead atoms. The maximum Gasteiger partial charge on any atom is 0.394 e. The second kappa shape index (κ2) is 21.4. The van der Waals surface area contributed by atoms with Gasteiger partial charge in [-0.15, -0.1) is 0 Å². The normalized spacial score (nSPS) is 42.6. The fraction of sp³-hybridized carbons (Fsp3) is 0.922. The Morgan fingerprint density at radius 1 is 0.507 bits per heavy atom. The molecule has 0 aromatic rings. The monoisotopic (exact) mass is 963 g/mol. The number of nitrogens with one attached hydrogen (secondary N) is 2. The van der Waals surface area contributed by atoms with Crippen LogP contribution in [0.3, 0.4) is 0 Å². The third kappa shape index (κ3) is 12.3. The Bertz CT molecular complexity index is 1700. The standard InChI is InChI=1S/C51H80F6N2O8/c1-25-9-15-41(39(17-25)50(52,53)54)66-43-26(2)18-32(19-27(43)3)49(6,7)33-20-28(4)44(29(5)21-33)67-42-16-12-34(24-40(42)51(55,56)57)59-46(61)38-23-31(11-14-36(38)48(64)65)30-10-13-35(47(62)63)37(22-30)45(60)58-8/h25-44H,9-24H2,1-8H3,(H,58,60)(H,59,61)(H,62,63)(H,64,65). The molecular formula is C51H80F6N2O8. The molecule has 2 amide bonds. The molecule has 384 valence electrons. The molecule has 67 heavy (non-hydrogen) atoms. The van der Waals surface area contributed by atoms with Crippen molar-refractivity contribution < 1.29 is 65.2 Å². The summed E-state index contributed by atoms with van der Waals surface area (Å²) in [4.78, 5) is 51.0. The van der Waals surface area contributed by atoms with E-state index in [9.17, 15) is 55.7 Å². The van der Waals surface area contributed by atoms with Gasteiger partial charge < -0.3 is 30.3 Å². The van der Waals surface area contributed by atoms with Crippen LogP contribution in [0.1, 0.15) is 151 Å². The van der Waals surface area contributed by atoms with E-state index in [2.05, 4.69) is 52.2 Å². The number of carbonyl (C=O) groups is 4. The lowest BCUT2D eigenvalue weighted by Crippen LogP contribution is -2.53. The van der Waals surface area contributed by atoms with Gasteiger partial charge in [0.25, 0.3) is 0 Å².